The first-order chi connectivity index (χ1) is 15.2. The molecule has 158 valence electrons. The number of hydrogen-bond acceptors (Lipinski definition) is 3. The third-order valence-electron chi connectivity index (χ3n) is 6.56. The number of hydrazine groups is 1. The molecule has 5 heteroatoms. The van der Waals surface area contributed by atoms with Crippen LogP contribution in [0.15, 0.2) is 78.9 Å². The predicted octanol–water partition coefficient (Wildman–Crippen LogP) is 4.85. The second-order valence-electron chi connectivity index (χ2n) is 8.23. The number of aliphatic hydroxyl groups excluding tert-OH is 1. The molecule has 0 spiro atoms. The SMILES string of the molecule is O=C(c1ccccc1)N1C(CCO)C(c2ccc(Cl)cc2)C2c3ccccc3CCN21. The van der Waals surface area contributed by atoms with Crippen LogP contribution in [0.2, 0.25) is 5.02 Å². The minimum atomic E-state index is -0.143. The van der Waals surface area contributed by atoms with Crippen molar-refractivity contribution in [2.24, 2.45) is 0 Å². The highest BCUT2D eigenvalue weighted by molar-refractivity contribution is 6.30. The van der Waals surface area contributed by atoms with Crippen LogP contribution in [0.25, 0.3) is 0 Å². The summed E-state index contributed by atoms with van der Waals surface area (Å²) in [6, 6.07) is 25.8. The van der Waals surface area contributed by atoms with E-state index >= 15 is 0 Å². The zero-order valence-corrected chi connectivity index (χ0v) is 17.9. The zero-order valence-electron chi connectivity index (χ0n) is 17.2. The molecule has 2 heterocycles. The van der Waals surface area contributed by atoms with E-state index in [4.69, 9.17) is 11.6 Å². The van der Waals surface area contributed by atoms with Crippen LogP contribution in [0, 0.1) is 0 Å². The Hall–Kier alpha value is -2.66. The maximum atomic E-state index is 13.7. The van der Waals surface area contributed by atoms with E-state index in [1.165, 1.54) is 11.1 Å². The van der Waals surface area contributed by atoms with Gasteiger partial charge in [0.2, 0.25) is 0 Å². The lowest BCUT2D eigenvalue weighted by molar-refractivity contribution is -0.0182. The number of halogens is 1. The van der Waals surface area contributed by atoms with Crippen LogP contribution in [-0.2, 0) is 6.42 Å². The van der Waals surface area contributed by atoms with E-state index in [-0.39, 0.29) is 30.5 Å². The summed E-state index contributed by atoms with van der Waals surface area (Å²) in [4.78, 5) is 13.7. The summed E-state index contributed by atoms with van der Waals surface area (Å²) in [6.07, 6.45) is 1.41. The Morgan fingerprint density at radius 2 is 1.68 bits per heavy atom. The number of nitrogens with zero attached hydrogens (tertiary/aromatic N) is 2. The fourth-order valence-corrected chi connectivity index (χ4v) is 5.39. The summed E-state index contributed by atoms with van der Waals surface area (Å²) in [6.45, 7) is 0.793. The van der Waals surface area contributed by atoms with Crippen molar-refractivity contribution >= 4 is 17.5 Å². The van der Waals surface area contributed by atoms with Crippen LogP contribution in [0.3, 0.4) is 0 Å². The van der Waals surface area contributed by atoms with Crippen LogP contribution >= 0.6 is 11.6 Å². The maximum absolute atomic E-state index is 13.7. The molecule has 5 rings (SSSR count). The van der Waals surface area contributed by atoms with Gasteiger partial charge in [0.05, 0.1) is 12.1 Å². The van der Waals surface area contributed by atoms with E-state index < -0.39 is 0 Å². The number of aliphatic hydroxyl groups is 1. The van der Waals surface area contributed by atoms with Crippen molar-refractivity contribution in [2.45, 2.75) is 30.8 Å². The molecule has 0 radical (unpaired) electrons. The van der Waals surface area contributed by atoms with Gasteiger partial charge in [0.15, 0.2) is 0 Å². The highest BCUT2D eigenvalue weighted by atomic mass is 35.5. The van der Waals surface area contributed by atoms with Gasteiger partial charge < -0.3 is 5.11 Å². The fourth-order valence-electron chi connectivity index (χ4n) is 5.26. The lowest BCUT2D eigenvalue weighted by Crippen LogP contribution is -2.48. The summed E-state index contributed by atoms with van der Waals surface area (Å²) in [5.74, 6) is 0.0263. The quantitative estimate of drug-likeness (QED) is 0.641. The molecule has 1 fully saturated rings. The summed E-state index contributed by atoms with van der Waals surface area (Å²) in [5, 5.41) is 14.8. The molecular weight excluding hydrogens is 408 g/mol. The topological polar surface area (TPSA) is 43.8 Å². The van der Waals surface area contributed by atoms with Crippen molar-refractivity contribution in [3.05, 3.63) is 106 Å². The third-order valence-corrected chi connectivity index (χ3v) is 6.81. The zero-order chi connectivity index (χ0) is 21.4. The predicted molar refractivity (Wildman–Crippen MR) is 122 cm³/mol. The molecule has 1 saturated heterocycles. The Balaban J connectivity index is 1.66. The van der Waals surface area contributed by atoms with Crippen molar-refractivity contribution < 1.29 is 9.90 Å². The fraction of sp³-hybridized carbons (Fsp3) is 0.269. The van der Waals surface area contributed by atoms with Gasteiger partial charge in [-0.1, -0.05) is 66.2 Å². The van der Waals surface area contributed by atoms with Crippen LogP contribution in [0.5, 0.6) is 0 Å². The molecule has 4 nitrogen and oxygen atoms in total. The average molecular weight is 433 g/mol. The third kappa shape index (κ3) is 3.55. The molecule has 2 aliphatic heterocycles. The van der Waals surface area contributed by atoms with Crippen LogP contribution in [0.4, 0.5) is 0 Å². The van der Waals surface area contributed by atoms with Crippen molar-refractivity contribution in [2.75, 3.05) is 13.2 Å². The monoisotopic (exact) mass is 432 g/mol. The second-order valence-corrected chi connectivity index (χ2v) is 8.67. The van der Waals surface area contributed by atoms with E-state index in [2.05, 4.69) is 41.4 Å². The Morgan fingerprint density at radius 1 is 0.968 bits per heavy atom. The molecule has 0 bridgehead atoms. The molecule has 1 amide bonds. The van der Waals surface area contributed by atoms with Crippen molar-refractivity contribution in [1.82, 2.24) is 10.0 Å². The van der Waals surface area contributed by atoms with Gasteiger partial charge in [0, 0.05) is 29.7 Å². The van der Waals surface area contributed by atoms with Gasteiger partial charge in [-0.2, -0.15) is 0 Å². The van der Waals surface area contributed by atoms with E-state index in [1.807, 2.05) is 47.5 Å². The Kier molecular flexibility index (Phi) is 5.53. The molecule has 3 unspecified atom stereocenters. The molecular formula is C26H25ClN2O2. The van der Waals surface area contributed by atoms with Crippen LogP contribution in [0.1, 0.15) is 45.4 Å². The van der Waals surface area contributed by atoms with Gasteiger partial charge in [-0.25, -0.2) is 5.01 Å². The first-order valence-electron chi connectivity index (χ1n) is 10.8. The Morgan fingerprint density at radius 3 is 2.42 bits per heavy atom. The molecule has 3 aromatic carbocycles. The number of hydrogen-bond donors (Lipinski definition) is 1. The summed E-state index contributed by atoms with van der Waals surface area (Å²) in [5.41, 5.74) is 4.40. The standard InChI is InChI=1S/C26H25ClN2O2/c27-21-12-10-19(11-13-21)24-23(15-17-30)29(26(31)20-7-2-1-3-8-20)28-16-14-18-6-4-5-9-22(18)25(24)28/h1-13,23-25,30H,14-17H2. The van der Waals surface area contributed by atoms with Crippen molar-refractivity contribution in [3.63, 3.8) is 0 Å². The number of benzene rings is 3. The minimum absolute atomic E-state index is 0.0140. The number of carbonyl (C=O) groups excluding carboxylic acids is 1. The molecule has 2 aliphatic rings. The van der Waals surface area contributed by atoms with Gasteiger partial charge in [-0.15, -0.1) is 0 Å². The summed E-state index contributed by atoms with van der Waals surface area (Å²) >= 11 is 6.18. The Bertz CT molecular complexity index is 1070. The Labute approximate surface area is 187 Å². The van der Waals surface area contributed by atoms with Crippen LogP contribution in [-0.4, -0.2) is 40.2 Å². The lowest BCUT2D eigenvalue weighted by atomic mass is 9.79. The molecule has 31 heavy (non-hydrogen) atoms. The first-order valence-corrected chi connectivity index (χ1v) is 11.2. The normalized spacial score (nSPS) is 22.8. The highest BCUT2D eigenvalue weighted by Gasteiger charge is 2.52. The van der Waals surface area contributed by atoms with E-state index in [1.54, 1.807) is 0 Å². The molecule has 0 saturated carbocycles. The van der Waals surface area contributed by atoms with E-state index in [0.717, 1.165) is 18.5 Å². The van der Waals surface area contributed by atoms with Crippen molar-refractivity contribution in [1.29, 1.82) is 0 Å². The summed E-state index contributed by atoms with van der Waals surface area (Å²) in [7, 11) is 0. The van der Waals surface area contributed by atoms with Gasteiger partial charge in [0.1, 0.15) is 0 Å². The second kappa shape index (κ2) is 8.46. The molecule has 0 aliphatic carbocycles. The molecule has 3 atom stereocenters. The highest BCUT2D eigenvalue weighted by Crippen LogP contribution is 2.51. The maximum Gasteiger partial charge on any atom is 0.268 e. The number of rotatable bonds is 4. The van der Waals surface area contributed by atoms with Gasteiger partial charge in [0.25, 0.3) is 5.91 Å². The number of fused-ring (bicyclic) bond motifs is 3. The molecule has 0 aromatic heterocycles. The first kappa shape index (κ1) is 20.3. The smallest absolute Gasteiger partial charge is 0.268 e. The van der Waals surface area contributed by atoms with Crippen LogP contribution < -0.4 is 0 Å². The largest absolute Gasteiger partial charge is 0.396 e. The van der Waals surface area contributed by atoms with E-state index in [9.17, 15) is 9.90 Å². The van der Waals surface area contributed by atoms with Gasteiger partial charge >= 0.3 is 0 Å². The van der Waals surface area contributed by atoms with Gasteiger partial charge in [-0.05, 0) is 53.8 Å². The van der Waals surface area contributed by atoms with E-state index in [0.29, 0.717) is 17.0 Å². The number of amides is 1. The van der Waals surface area contributed by atoms with Crippen molar-refractivity contribution in [3.8, 4) is 0 Å². The van der Waals surface area contributed by atoms with Gasteiger partial charge in [-0.3, -0.25) is 9.80 Å². The molecule has 3 aromatic rings. The lowest BCUT2D eigenvalue weighted by Gasteiger charge is -2.38. The average Bonchev–Trinajstić information content (AvgIpc) is 3.14. The number of carbonyl (C=O) groups is 1. The molecule has 1 N–H and O–H groups in total. The summed E-state index contributed by atoms with van der Waals surface area (Å²) < 4.78 is 0. The minimum Gasteiger partial charge on any atom is -0.396 e.